The van der Waals surface area contributed by atoms with Gasteiger partial charge in [0.15, 0.2) is 0 Å². The van der Waals surface area contributed by atoms with Gasteiger partial charge in [-0.15, -0.1) is 0 Å². The van der Waals surface area contributed by atoms with Crippen LogP contribution in [0.2, 0.25) is 0 Å². The number of rotatable bonds is 4. The van der Waals surface area contributed by atoms with Crippen molar-refractivity contribution in [1.29, 1.82) is 0 Å². The van der Waals surface area contributed by atoms with Crippen LogP contribution in [0, 0.1) is 11.3 Å². The number of carbonyl (C=O) groups is 1. The summed E-state index contributed by atoms with van der Waals surface area (Å²) < 4.78 is 0. The smallest absolute Gasteiger partial charge is 0.224 e. The third kappa shape index (κ3) is 4.10. The van der Waals surface area contributed by atoms with Gasteiger partial charge in [0.1, 0.15) is 0 Å². The van der Waals surface area contributed by atoms with E-state index in [0.29, 0.717) is 24.0 Å². The molecule has 1 amide bonds. The molecule has 17 heavy (non-hydrogen) atoms. The fourth-order valence-electron chi connectivity index (χ4n) is 2.32. The Morgan fingerprint density at radius 1 is 1.47 bits per heavy atom. The molecule has 0 saturated carbocycles. The van der Waals surface area contributed by atoms with Gasteiger partial charge >= 0.3 is 0 Å². The molecule has 0 bridgehead atoms. The lowest BCUT2D eigenvalue weighted by Gasteiger charge is -2.34. The summed E-state index contributed by atoms with van der Waals surface area (Å²) in [6.07, 6.45) is 6.17. The van der Waals surface area contributed by atoms with Crippen molar-refractivity contribution in [2.45, 2.75) is 46.8 Å². The van der Waals surface area contributed by atoms with Gasteiger partial charge < -0.3 is 4.90 Å². The maximum absolute atomic E-state index is 12.3. The predicted molar refractivity (Wildman–Crippen MR) is 76.7 cm³/mol. The first-order valence-electron chi connectivity index (χ1n) is 6.58. The first kappa shape index (κ1) is 14.7. The van der Waals surface area contributed by atoms with Crippen LogP contribution in [0.15, 0.2) is 12.2 Å². The molecule has 1 heterocycles. The van der Waals surface area contributed by atoms with E-state index in [1.165, 1.54) is 6.16 Å². The number of amides is 1. The lowest BCUT2D eigenvalue weighted by Crippen LogP contribution is -2.41. The maximum Gasteiger partial charge on any atom is 0.224 e. The Bertz CT molecular complexity index is 297. The van der Waals surface area contributed by atoms with Crippen molar-refractivity contribution in [3.63, 3.8) is 0 Å². The topological polar surface area (TPSA) is 20.3 Å². The van der Waals surface area contributed by atoms with Crippen molar-refractivity contribution in [1.82, 2.24) is 4.90 Å². The lowest BCUT2D eigenvalue weighted by molar-refractivity contribution is -0.133. The molecule has 0 radical (unpaired) electrons. The van der Waals surface area contributed by atoms with Crippen LogP contribution in [0.5, 0.6) is 0 Å². The molecule has 0 spiro atoms. The molecule has 1 aliphatic rings. The van der Waals surface area contributed by atoms with Gasteiger partial charge in [-0.2, -0.15) is 0 Å². The van der Waals surface area contributed by atoms with E-state index in [9.17, 15) is 4.79 Å². The second kappa shape index (κ2) is 6.00. The Hall–Kier alpha value is -0.360. The Morgan fingerprint density at radius 3 is 2.65 bits per heavy atom. The minimum absolute atomic E-state index is 0.0166. The maximum atomic E-state index is 12.3. The van der Waals surface area contributed by atoms with E-state index in [4.69, 9.17) is 0 Å². The van der Waals surface area contributed by atoms with Crippen molar-refractivity contribution in [3.8, 4) is 0 Å². The first-order chi connectivity index (χ1) is 7.87. The molecule has 1 aliphatic heterocycles. The SMILES string of the molecule is CCPC(C(C)C)N1CC=CC(C)(C)CC1=O. The minimum atomic E-state index is 0.0166. The van der Waals surface area contributed by atoms with Gasteiger partial charge in [-0.3, -0.25) is 4.79 Å². The zero-order valence-electron chi connectivity index (χ0n) is 11.8. The van der Waals surface area contributed by atoms with Gasteiger partial charge in [-0.25, -0.2) is 0 Å². The van der Waals surface area contributed by atoms with Crippen LogP contribution in [0.1, 0.15) is 41.0 Å². The fraction of sp³-hybridized carbons (Fsp3) is 0.786. The third-order valence-corrected chi connectivity index (χ3v) is 4.98. The summed E-state index contributed by atoms with van der Waals surface area (Å²) in [6.45, 7) is 11.7. The zero-order valence-corrected chi connectivity index (χ0v) is 12.8. The highest BCUT2D eigenvalue weighted by Gasteiger charge is 2.30. The molecular formula is C14H26NOP. The van der Waals surface area contributed by atoms with Crippen molar-refractivity contribution in [2.24, 2.45) is 11.3 Å². The Kier molecular flexibility index (Phi) is 5.19. The number of nitrogens with zero attached hydrogens (tertiary/aromatic N) is 1. The van der Waals surface area contributed by atoms with Crippen LogP contribution in [0.3, 0.4) is 0 Å². The monoisotopic (exact) mass is 255 g/mol. The first-order valence-corrected chi connectivity index (χ1v) is 7.86. The zero-order chi connectivity index (χ0) is 13.1. The second-order valence-corrected chi connectivity index (χ2v) is 7.57. The van der Waals surface area contributed by atoms with Gasteiger partial charge in [0, 0.05) is 13.0 Å². The molecule has 0 aromatic rings. The van der Waals surface area contributed by atoms with Gasteiger partial charge in [-0.1, -0.05) is 55.4 Å². The highest BCUT2D eigenvalue weighted by Crippen LogP contribution is 2.33. The summed E-state index contributed by atoms with van der Waals surface area (Å²) in [6, 6.07) is 0. The average Bonchev–Trinajstić information content (AvgIpc) is 2.32. The molecule has 0 fully saturated rings. The summed E-state index contributed by atoms with van der Waals surface area (Å²) >= 11 is 0. The van der Waals surface area contributed by atoms with Gasteiger partial charge in [0.05, 0.1) is 5.78 Å². The molecule has 1 rings (SSSR count). The summed E-state index contributed by atoms with van der Waals surface area (Å²) in [7, 11) is 0.853. The molecule has 0 aromatic carbocycles. The van der Waals surface area contributed by atoms with Crippen LogP contribution in [0.4, 0.5) is 0 Å². The molecule has 0 saturated heterocycles. The highest BCUT2D eigenvalue weighted by atomic mass is 31.1. The van der Waals surface area contributed by atoms with Crippen molar-refractivity contribution >= 4 is 14.5 Å². The Labute approximate surface area is 108 Å². The fourth-order valence-corrected chi connectivity index (χ4v) is 3.68. The Morgan fingerprint density at radius 2 is 2.12 bits per heavy atom. The number of allylic oxidation sites excluding steroid dienone is 1. The second-order valence-electron chi connectivity index (χ2n) is 5.86. The number of hydrogen-bond acceptors (Lipinski definition) is 1. The molecule has 2 atom stereocenters. The van der Waals surface area contributed by atoms with E-state index >= 15 is 0 Å². The number of carbonyl (C=O) groups excluding carboxylic acids is 1. The molecule has 0 aromatic heterocycles. The average molecular weight is 255 g/mol. The highest BCUT2D eigenvalue weighted by molar-refractivity contribution is 7.38. The molecule has 0 aliphatic carbocycles. The molecule has 0 N–H and O–H groups in total. The van der Waals surface area contributed by atoms with E-state index in [0.717, 1.165) is 15.1 Å². The van der Waals surface area contributed by atoms with E-state index in [1.54, 1.807) is 0 Å². The van der Waals surface area contributed by atoms with Crippen molar-refractivity contribution in [2.75, 3.05) is 12.7 Å². The molecule has 3 heteroatoms. The predicted octanol–water partition coefficient (Wildman–Crippen LogP) is 3.48. The molecule has 2 nitrogen and oxygen atoms in total. The van der Waals surface area contributed by atoms with E-state index in [2.05, 4.69) is 51.7 Å². The Balaban J connectivity index is 2.82. The molecule has 2 unspecified atom stereocenters. The normalized spacial score (nSPS) is 22.5. The van der Waals surface area contributed by atoms with Crippen LogP contribution >= 0.6 is 8.58 Å². The van der Waals surface area contributed by atoms with E-state index in [1.807, 2.05) is 0 Å². The van der Waals surface area contributed by atoms with Gasteiger partial charge in [0.2, 0.25) is 5.91 Å². The van der Waals surface area contributed by atoms with Crippen molar-refractivity contribution < 1.29 is 4.79 Å². The summed E-state index contributed by atoms with van der Waals surface area (Å²) in [5.41, 5.74) is 0.0166. The lowest BCUT2D eigenvalue weighted by atomic mass is 9.89. The minimum Gasteiger partial charge on any atom is -0.332 e. The van der Waals surface area contributed by atoms with Gasteiger partial charge in [0.25, 0.3) is 0 Å². The van der Waals surface area contributed by atoms with Crippen molar-refractivity contribution in [3.05, 3.63) is 12.2 Å². The standard InChI is InChI=1S/C14H26NOP/c1-6-17-13(11(2)3)15-9-7-8-14(4,5)10-12(15)16/h7-8,11,13,17H,6,9-10H2,1-5H3. The molecule has 98 valence electrons. The van der Waals surface area contributed by atoms with Crippen LogP contribution < -0.4 is 0 Å². The van der Waals surface area contributed by atoms with Crippen LogP contribution in [-0.2, 0) is 4.79 Å². The molecular weight excluding hydrogens is 229 g/mol. The third-order valence-electron chi connectivity index (χ3n) is 3.18. The number of hydrogen-bond donors (Lipinski definition) is 0. The summed E-state index contributed by atoms with van der Waals surface area (Å²) in [5, 5.41) is 0. The van der Waals surface area contributed by atoms with E-state index in [-0.39, 0.29) is 5.41 Å². The van der Waals surface area contributed by atoms with Gasteiger partial charge in [-0.05, 0) is 17.5 Å². The van der Waals surface area contributed by atoms with Crippen LogP contribution in [0.25, 0.3) is 0 Å². The quantitative estimate of drug-likeness (QED) is 0.556. The largest absolute Gasteiger partial charge is 0.332 e. The summed E-state index contributed by atoms with van der Waals surface area (Å²) in [4.78, 5) is 14.4. The summed E-state index contributed by atoms with van der Waals surface area (Å²) in [5.74, 6) is 1.29. The van der Waals surface area contributed by atoms with Crippen LogP contribution in [-0.4, -0.2) is 29.3 Å². The van der Waals surface area contributed by atoms with E-state index < -0.39 is 0 Å².